The van der Waals surface area contributed by atoms with Gasteiger partial charge in [-0.05, 0) is 36.8 Å². The van der Waals surface area contributed by atoms with Crippen molar-refractivity contribution in [2.45, 2.75) is 30.4 Å². The number of alkyl halides is 3. The molecule has 4 aliphatic rings. The van der Waals surface area contributed by atoms with Crippen LogP contribution in [-0.2, 0) is 21.3 Å². The molecular formula is C24H16Cl2F5N3O3. The van der Waals surface area contributed by atoms with Crippen molar-refractivity contribution in [3.05, 3.63) is 69.2 Å². The van der Waals surface area contributed by atoms with Gasteiger partial charge in [-0.1, -0.05) is 29.3 Å². The molecule has 194 valence electrons. The van der Waals surface area contributed by atoms with Gasteiger partial charge in [0.15, 0.2) is 0 Å². The van der Waals surface area contributed by atoms with Gasteiger partial charge in [-0.3, -0.25) is 14.5 Å². The first-order chi connectivity index (χ1) is 17.4. The zero-order valence-electron chi connectivity index (χ0n) is 18.5. The van der Waals surface area contributed by atoms with E-state index in [9.17, 15) is 36.6 Å². The third-order valence-electron chi connectivity index (χ3n) is 7.82. The number of anilines is 2. The van der Waals surface area contributed by atoms with Gasteiger partial charge in [0.25, 0.3) is 6.08 Å². The van der Waals surface area contributed by atoms with E-state index in [-0.39, 0.29) is 45.5 Å². The molecule has 0 saturated carbocycles. The van der Waals surface area contributed by atoms with E-state index in [1.54, 1.807) is 0 Å². The van der Waals surface area contributed by atoms with Crippen molar-refractivity contribution >= 4 is 46.4 Å². The van der Waals surface area contributed by atoms with Crippen LogP contribution in [0.15, 0.2) is 48.1 Å². The van der Waals surface area contributed by atoms with Gasteiger partial charge in [0.1, 0.15) is 11.8 Å². The fraction of sp³-hybridized carbons (Fsp3) is 0.333. The summed E-state index contributed by atoms with van der Waals surface area (Å²) in [6, 6.07) is 5.69. The maximum Gasteiger partial charge on any atom is 0.416 e. The number of carbonyl (C=O) groups is 2. The average molecular weight is 560 g/mol. The Balaban J connectivity index is 1.56. The smallest absolute Gasteiger partial charge is 0.371 e. The standard InChI is InChI=1S/C24H16Cl2F5N3O3/c25-11-6-13-18(14(26)7-11)32-22(37)23(13)17-16(15-4-9(19(27)28)8-33(15)23)20(35)34(21(17)36)12-3-1-2-10(5-12)24(29,30)31/h1-3,5-7,15-17,22,32,37H,4,8H2. The minimum absolute atomic E-state index is 0.108. The van der Waals surface area contributed by atoms with Crippen LogP contribution in [0, 0.1) is 11.8 Å². The lowest BCUT2D eigenvalue weighted by Crippen LogP contribution is -2.56. The second-order valence-corrected chi connectivity index (χ2v) is 10.4. The molecule has 2 aromatic rings. The van der Waals surface area contributed by atoms with Crippen molar-refractivity contribution in [3.8, 4) is 0 Å². The predicted octanol–water partition coefficient (Wildman–Crippen LogP) is 5.00. The van der Waals surface area contributed by atoms with Crippen molar-refractivity contribution in [2.75, 3.05) is 16.8 Å². The average Bonchev–Trinajstić information content (AvgIpc) is 3.50. The van der Waals surface area contributed by atoms with E-state index in [2.05, 4.69) is 5.32 Å². The van der Waals surface area contributed by atoms with Gasteiger partial charge in [-0.25, -0.2) is 4.90 Å². The van der Waals surface area contributed by atoms with Crippen molar-refractivity contribution in [1.29, 1.82) is 0 Å². The van der Waals surface area contributed by atoms with E-state index < -0.39 is 59.3 Å². The van der Waals surface area contributed by atoms with E-state index in [0.717, 1.165) is 12.1 Å². The Hall–Kier alpha value is -2.73. The van der Waals surface area contributed by atoms with E-state index in [0.29, 0.717) is 11.0 Å². The zero-order valence-corrected chi connectivity index (χ0v) is 20.0. The number of benzene rings is 2. The minimum Gasteiger partial charge on any atom is -0.371 e. The number of halogens is 7. The summed E-state index contributed by atoms with van der Waals surface area (Å²) in [5.74, 6) is -4.18. The van der Waals surface area contributed by atoms with Crippen molar-refractivity contribution in [1.82, 2.24) is 4.90 Å². The first kappa shape index (κ1) is 24.6. The van der Waals surface area contributed by atoms with E-state index in [4.69, 9.17) is 23.2 Å². The molecule has 2 N–H and O–H groups in total. The molecule has 1 spiro atoms. The summed E-state index contributed by atoms with van der Waals surface area (Å²) in [5.41, 5.74) is -2.85. The van der Waals surface area contributed by atoms with Gasteiger partial charge in [-0.15, -0.1) is 0 Å². The van der Waals surface area contributed by atoms with Gasteiger partial charge < -0.3 is 10.4 Å². The molecule has 5 atom stereocenters. The van der Waals surface area contributed by atoms with E-state index >= 15 is 0 Å². The molecule has 2 amide bonds. The maximum atomic E-state index is 13.9. The number of hydrogen-bond donors (Lipinski definition) is 2. The van der Waals surface area contributed by atoms with Crippen LogP contribution < -0.4 is 10.2 Å². The van der Waals surface area contributed by atoms with Gasteiger partial charge in [-0.2, -0.15) is 22.0 Å². The number of fused-ring (bicyclic) bond motifs is 7. The lowest BCUT2D eigenvalue weighted by Gasteiger charge is -2.41. The Morgan fingerprint density at radius 2 is 1.84 bits per heavy atom. The maximum absolute atomic E-state index is 13.9. The lowest BCUT2D eigenvalue weighted by molar-refractivity contribution is -0.137. The Labute approximate surface area is 216 Å². The number of aliphatic hydroxyl groups excluding tert-OH is 1. The van der Waals surface area contributed by atoms with Crippen molar-refractivity contribution in [3.63, 3.8) is 0 Å². The zero-order chi connectivity index (χ0) is 26.6. The van der Waals surface area contributed by atoms with E-state index in [1.807, 2.05) is 0 Å². The third kappa shape index (κ3) is 3.17. The van der Waals surface area contributed by atoms with Gasteiger partial charge in [0.05, 0.1) is 33.8 Å². The highest BCUT2D eigenvalue weighted by Crippen LogP contribution is 2.63. The molecule has 5 unspecified atom stereocenters. The van der Waals surface area contributed by atoms with Crippen molar-refractivity contribution in [2.24, 2.45) is 11.8 Å². The molecule has 0 aliphatic carbocycles. The summed E-state index contributed by atoms with van der Waals surface area (Å²) in [7, 11) is 0. The predicted molar refractivity (Wildman–Crippen MR) is 123 cm³/mol. The molecule has 0 aromatic heterocycles. The summed E-state index contributed by atoms with van der Waals surface area (Å²) >= 11 is 12.6. The number of carbonyl (C=O) groups excluding carboxylic acids is 2. The Kier molecular flexibility index (Phi) is 5.24. The largest absolute Gasteiger partial charge is 0.416 e. The normalized spacial score (nSPS) is 30.7. The second kappa shape index (κ2) is 7.89. The van der Waals surface area contributed by atoms with Crippen LogP contribution in [-0.4, -0.2) is 40.6 Å². The molecule has 37 heavy (non-hydrogen) atoms. The number of rotatable bonds is 1. The molecule has 0 radical (unpaired) electrons. The van der Waals surface area contributed by atoms with Gasteiger partial charge >= 0.3 is 6.18 Å². The molecule has 13 heteroatoms. The number of aliphatic hydroxyl groups is 1. The SMILES string of the molecule is O=C1C2C3CC(=C(F)F)CN3C3(c4cc(Cl)cc(Cl)c4NC3O)C2C(=O)N1c1cccc(C(F)(F)F)c1. The second-order valence-electron chi connectivity index (χ2n) is 9.51. The van der Waals surface area contributed by atoms with Crippen LogP contribution in [0.25, 0.3) is 0 Å². The monoisotopic (exact) mass is 559 g/mol. The van der Waals surface area contributed by atoms with E-state index in [1.165, 1.54) is 23.1 Å². The first-order valence-electron chi connectivity index (χ1n) is 11.2. The highest BCUT2D eigenvalue weighted by Gasteiger charge is 2.75. The summed E-state index contributed by atoms with van der Waals surface area (Å²) in [4.78, 5) is 29.8. The summed E-state index contributed by atoms with van der Waals surface area (Å²) in [6.07, 6.45) is -8.47. The molecule has 4 aliphatic heterocycles. The Morgan fingerprint density at radius 3 is 2.51 bits per heavy atom. The molecule has 6 rings (SSSR count). The Morgan fingerprint density at radius 1 is 1.11 bits per heavy atom. The van der Waals surface area contributed by atoms with Crippen LogP contribution in [0.5, 0.6) is 0 Å². The molecule has 0 bridgehead atoms. The van der Waals surface area contributed by atoms with Crippen LogP contribution in [0.1, 0.15) is 17.5 Å². The molecule has 6 nitrogen and oxygen atoms in total. The van der Waals surface area contributed by atoms with Crippen molar-refractivity contribution < 1.29 is 36.6 Å². The highest BCUT2D eigenvalue weighted by atomic mass is 35.5. The van der Waals surface area contributed by atoms with Crippen LogP contribution >= 0.6 is 23.2 Å². The Bertz CT molecular complexity index is 1410. The molecule has 2 aromatic carbocycles. The van der Waals surface area contributed by atoms with Crippen LogP contribution in [0.3, 0.4) is 0 Å². The summed E-state index contributed by atoms with van der Waals surface area (Å²) in [5, 5.41) is 14.4. The molecule has 4 heterocycles. The number of hydrogen-bond acceptors (Lipinski definition) is 5. The topological polar surface area (TPSA) is 72.9 Å². The number of nitrogens with zero attached hydrogens (tertiary/aromatic N) is 2. The molecular weight excluding hydrogens is 544 g/mol. The summed E-state index contributed by atoms with van der Waals surface area (Å²) < 4.78 is 67.6. The number of nitrogens with one attached hydrogen (secondary N) is 1. The molecule has 3 saturated heterocycles. The third-order valence-corrected chi connectivity index (χ3v) is 8.33. The highest BCUT2D eigenvalue weighted by molar-refractivity contribution is 6.37. The number of amides is 2. The fourth-order valence-electron chi connectivity index (χ4n) is 6.49. The summed E-state index contributed by atoms with van der Waals surface area (Å²) in [6.45, 7) is -0.327. The van der Waals surface area contributed by atoms with Crippen LogP contribution in [0.2, 0.25) is 10.0 Å². The van der Waals surface area contributed by atoms with Gasteiger partial charge in [0.2, 0.25) is 11.8 Å². The van der Waals surface area contributed by atoms with Gasteiger partial charge in [0, 0.05) is 28.7 Å². The minimum atomic E-state index is -4.72. The number of imide groups is 1. The first-order valence-corrected chi connectivity index (χ1v) is 11.9. The molecule has 3 fully saturated rings. The lowest BCUT2D eigenvalue weighted by atomic mass is 9.74. The fourth-order valence-corrected chi connectivity index (χ4v) is 7.04. The van der Waals surface area contributed by atoms with Crippen LogP contribution in [0.4, 0.5) is 33.3 Å². The quantitative estimate of drug-likeness (QED) is 0.380.